The molecule has 22 heavy (non-hydrogen) atoms. The highest BCUT2D eigenvalue weighted by atomic mass is 16.2. The molecule has 2 aliphatic rings. The largest absolute Gasteiger partial charge is 0.351 e. The number of amides is 1. The number of nitrogens with one attached hydrogen (secondary N) is 1. The fraction of sp³-hybridized carbons (Fsp3) is 0.500. The highest BCUT2D eigenvalue weighted by molar-refractivity contribution is 5.98. The number of hydrogen-bond acceptors (Lipinski definition) is 2. The predicted octanol–water partition coefficient (Wildman–Crippen LogP) is 2.87. The molecule has 116 valence electrons. The third-order valence-corrected chi connectivity index (χ3v) is 5.34. The standard InChI is InChI=1S/C18H23N3O/c1-20-10-4-8-16(20)17-9-5-11-21(17)18(22)15-12-13-6-2-3-7-14(13)19-15/h2-3,6-7,12,16-17,19H,4-5,8-11H2,1H3/t16-,17+/m1/s1. The Hall–Kier alpha value is -1.81. The molecule has 1 aromatic heterocycles. The Morgan fingerprint density at radius 1 is 1.14 bits per heavy atom. The van der Waals surface area contributed by atoms with Gasteiger partial charge in [0.15, 0.2) is 0 Å². The van der Waals surface area contributed by atoms with Crippen molar-refractivity contribution in [3.8, 4) is 0 Å². The van der Waals surface area contributed by atoms with Gasteiger partial charge in [0.2, 0.25) is 0 Å². The van der Waals surface area contributed by atoms with Crippen LogP contribution in [0.2, 0.25) is 0 Å². The molecule has 0 saturated carbocycles. The first-order valence-electron chi connectivity index (χ1n) is 8.33. The van der Waals surface area contributed by atoms with E-state index in [1.807, 2.05) is 24.3 Å². The number of nitrogens with zero attached hydrogens (tertiary/aromatic N) is 2. The number of fused-ring (bicyclic) bond motifs is 1. The van der Waals surface area contributed by atoms with E-state index < -0.39 is 0 Å². The molecule has 2 aromatic rings. The second-order valence-corrected chi connectivity index (χ2v) is 6.67. The number of benzene rings is 1. The zero-order chi connectivity index (χ0) is 15.1. The number of carbonyl (C=O) groups excluding carboxylic acids is 1. The van der Waals surface area contributed by atoms with E-state index in [1.54, 1.807) is 0 Å². The monoisotopic (exact) mass is 297 g/mol. The van der Waals surface area contributed by atoms with E-state index in [4.69, 9.17) is 0 Å². The molecule has 1 amide bonds. The molecular formula is C18H23N3O. The van der Waals surface area contributed by atoms with Gasteiger partial charge in [-0.3, -0.25) is 4.79 Å². The summed E-state index contributed by atoms with van der Waals surface area (Å²) in [4.78, 5) is 20.8. The minimum absolute atomic E-state index is 0.166. The first kappa shape index (κ1) is 13.8. The Morgan fingerprint density at radius 3 is 2.68 bits per heavy atom. The molecule has 0 spiro atoms. The Kier molecular flexibility index (Phi) is 3.41. The molecule has 4 nitrogen and oxygen atoms in total. The fourth-order valence-corrected chi connectivity index (χ4v) is 4.21. The number of carbonyl (C=O) groups is 1. The predicted molar refractivity (Wildman–Crippen MR) is 88.0 cm³/mol. The average molecular weight is 297 g/mol. The van der Waals surface area contributed by atoms with Crippen molar-refractivity contribution in [2.24, 2.45) is 0 Å². The topological polar surface area (TPSA) is 39.3 Å². The maximum atomic E-state index is 13.0. The summed E-state index contributed by atoms with van der Waals surface area (Å²) in [5, 5.41) is 1.11. The fourth-order valence-electron chi connectivity index (χ4n) is 4.21. The second-order valence-electron chi connectivity index (χ2n) is 6.67. The quantitative estimate of drug-likeness (QED) is 0.926. The van der Waals surface area contributed by atoms with Crippen LogP contribution in [0.4, 0.5) is 0 Å². The minimum Gasteiger partial charge on any atom is -0.351 e. The van der Waals surface area contributed by atoms with Gasteiger partial charge in [0.1, 0.15) is 5.69 Å². The van der Waals surface area contributed by atoms with E-state index in [2.05, 4.69) is 27.9 Å². The van der Waals surface area contributed by atoms with E-state index in [0.717, 1.165) is 42.5 Å². The molecule has 2 atom stereocenters. The molecule has 3 heterocycles. The van der Waals surface area contributed by atoms with Crippen LogP contribution in [0, 0.1) is 0 Å². The van der Waals surface area contributed by atoms with Crippen LogP contribution in [0.3, 0.4) is 0 Å². The molecule has 4 heteroatoms. The van der Waals surface area contributed by atoms with Gasteiger partial charge in [-0.15, -0.1) is 0 Å². The van der Waals surface area contributed by atoms with Crippen molar-refractivity contribution in [3.05, 3.63) is 36.0 Å². The smallest absolute Gasteiger partial charge is 0.270 e. The van der Waals surface area contributed by atoms with E-state index in [9.17, 15) is 4.79 Å². The highest BCUT2D eigenvalue weighted by Crippen LogP contribution is 2.30. The molecule has 1 aromatic carbocycles. The van der Waals surface area contributed by atoms with Crippen LogP contribution in [-0.2, 0) is 0 Å². The van der Waals surface area contributed by atoms with Crippen molar-refractivity contribution < 1.29 is 4.79 Å². The van der Waals surface area contributed by atoms with Gasteiger partial charge in [0, 0.05) is 29.5 Å². The van der Waals surface area contributed by atoms with E-state index >= 15 is 0 Å². The number of H-pyrrole nitrogens is 1. The molecule has 2 aliphatic heterocycles. The molecule has 2 fully saturated rings. The van der Waals surface area contributed by atoms with Gasteiger partial charge in [0.25, 0.3) is 5.91 Å². The summed E-state index contributed by atoms with van der Waals surface area (Å²) in [6, 6.07) is 11.0. The van der Waals surface area contributed by atoms with Crippen molar-refractivity contribution in [3.63, 3.8) is 0 Å². The van der Waals surface area contributed by atoms with Gasteiger partial charge >= 0.3 is 0 Å². The van der Waals surface area contributed by atoms with Gasteiger partial charge in [0.05, 0.1) is 0 Å². The van der Waals surface area contributed by atoms with Gasteiger partial charge in [-0.25, -0.2) is 0 Å². The van der Waals surface area contributed by atoms with Crippen LogP contribution in [0.5, 0.6) is 0 Å². The lowest BCUT2D eigenvalue weighted by atomic mass is 10.0. The summed E-state index contributed by atoms with van der Waals surface area (Å²) >= 11 is 0. The number of likely N-dealkylation sites (N-methyl/N-ethyl adjacent to an activating group) is 1. The number of para-hydroxylation sites is 1. The summed E-state index contributed by atoms with van der Waals surface area (Å²) < 4.78 is 0. The Labute approximate surface area is 131 Å². The lowest BCUT2D eigenvalue weighted by molar-refractivity contribution is 0.0659. The molecule has 0 unspecified atom stereocenters. The highest BCUT2D eigenvalue weighted by Gasteiger charge is 2.38. The molecule has 1 N–H and O–H groups in total. The van der Waals surface area contributed by atoms with Crippen LogP contribution < -0.4 is 0 Å². The zero-order valence-electron chi connectivity index (χ0n) is 13.1. The van der Waals surface area contributed by atoms with E-state index in [1.165, 1.54) is 12.8 Å². The van der Waals surface area contributed by atoms with Crippen LogP contribution >= 0.6 is 0 Å². The van der Waals surface area contributed by atoms with Crippen molar-refractivity contribution >= 4 is 16.8 Å². The minimum atomic E-state index is 0.166. The van der Waals surface area contributed by atoms with Crippen LogP contribution in [0.25, 0.3) is 10.9 Å². The lowest BCUT2D eigenvalue weighted by Gasteiger charge is -2.33. The SMILES string of the molecule is CN1CCC[C@@H]1[C@@H]1CCCN1C(=O)c1cc2ccccc2[nH]1. The Morgan fingerprint density at radius 2 is 1.91 bits per heavy atom. The zero-order valence-corrected chi connectivity index (χ0v) is 13.1. The number of hydrogen-bond donors (Lipinski definition) is 1. The van der Waals surface area contributed by atoms with E-state index in [-0.39, 0.29) is 5.91 Å². The first-order valence-corrected chi connectivity index (χ1v) is 8.33. The van der Waals surface area contributed by atoms with Crippen LogP contribution in [-0.4, -0.2) is 52.9 Å². The van der Waals surface area contributed by atoms with Crippen LogP contribution in [0.15, 0.2) is 30.3 Å². The van der Waals surface area contributed by atoms with Gasteiger partial charge in [-0.05, 0) is 51.4 Å². The third kappa shape index (κ3) is 2.22. The van der Waals surface area contributed by atoms with Crippen LogP contribution in [0.1, 0.15) is 36.2 Å². The summed E-state index contributed by atoms with van der Waals surface area (Å²) in [7, 11) is 2.20. The van der Waals surface area contributed by atoms with Gasteiger partial charge in [-0.1, -0.05) is 18.2 Å². The first-order chi connectivity index (χ1) is 10.7. The summed E-state index contributed by atoms with van der Waals surface area (Å²) in [5.74, 6) is 0.166. The van der Waals surface area contributed by atoms with E-state index in [0.29, 0.717) is 12.1 Å². The summed E-state index contributed by atoms with van der Waals surface area (Å²) in [5.41, 5.74) is 1.77. The van der Waals surface area contributed by atoms with Crippen molar-refractivity contribution in [1.82, 2.24) is 14.8 Å². The van der Waals surface area contributed by atoms with Crippen molar-refractivity contribution in [2.45, 2.75) is 37.8 Å². The third-order valence-electron chi connectivity index (χ3n) is 5.34. The Balaban J connectivity index is 1.60. The maximum absolute atomic E-state index is 13.0. The lowest BCUT2D eigenvalue weighted by Crippen LogP contribution is -2.47. The average Bonchev–Trinajstić information content (AvgIpc) is 3.24. The number of likely N-dealkylation sites (tertiary alicyclic amines) is 2. The number of rotatable bonds is 2. The molecule has 0 aliphatic carbocycles. The normalized spacial score (nSPS) is 26.1. The molecule has 4 rings (SSSR count). The summed E-state index contributed by atoms with van der Waals surface area (Å²) in [6.45, 7) is 2.05. The number of aromatic amines is 1. The molecule has 0 radical (unpaired) electrons. The van der Waals surface area contributed by atoms with Gasteiger partial charge in [-0.2, -0.15) is 0 Å². The van der Waals surface area contributed by atoms with Crippen molar-refractivity contribution in [2.75, 3.05) is 20.1 Å². The molecular weight excluding hydrogens is 274 g/mol. The van der Waals surface area contributed by atoms with Gasteiger partial charge < -0.3 is 14.8 Å². The maximum Gasteiger partial charge on any atom is 0.270 e. The van der Waals surface area contributed by atoms with Crippen molar-refractivity contribution in [1.29, 1.82) is 0 Å². The molecule has 0 bridgehead atoms. The molecule has 2 saturated heterocycles. The second kappa shape index (κ2) is 5.43. The summed E-state index contributed by atoms with van der Waals surface area (Å²) in [6.07, 6.45) is 4.74. The Bertz CT molecular complexity index is 659. The number of aromatic nitrogens is 1.